The van der Waals surface area contributed by atoms with Gasteiger partial charge in [0.15, 0.2) is 5.96 Å². The molecule has 0 radical (unpaired) electrons. The molecule has 2 aliphatic rings. The van der Waals surface area contributed by atoms with Crippen molar-refractivity contribution in [2.24, 2.45) is 4.99 Å². The number of guanidine groups is 1. The van der Waals surface area contributed by atoms with E-state index in [4.69, 9.17) is 9.73 Å². The lowest BCUT2D eigenvalue weighted by molar-refractivity contribution is 0.0793. The van der Waals surface area contributed by atoms with E-state index in [1.807, 2.05) is 0 Å². The Bertz CT molecular complexity index is 390. The number of aliphatic imine (C=N–C) groups is 1. The number of nitrogens with one attached hydrogen (secondary N) is 1. The fourth-order valence-corrected chi connectivity index (χ4v) is 5.57. The van der Waals surface area contributed by atoms with Crippen molar-refractivity contribution >= 4 is 29.5 Å². The van der Waals surface area contributed by atoms with Gasteiger partial charge in [-0.05, 0) is 39.4 Å². The maximum absolute atomic E-state index is 5.58. The summed E-state index contributed by atoms with van der Waals surface area (Å²) >= 11 is 4.14. The van der Waals surface area contributed by atoms with Gasteiger partial charge in [-0.1, -0.05) is 6.92 Å². The third kappa shape index (κ3) is 5.75. The average molecular weight is 360 g/mol. The topological polar surface area (TPSA) is 36.9 Å². The summed E-state index contributed by atoms with van der Waals surface area (Å²) in [6, 6.07) is 0. The van der Waals surface area contributed by atoms with E-state index < -0.39 is 0 Å². The van der Waals surface area contributed by atoms with Gasteiger partial charge in [0.25, 0.3) is 0 Å². The molecule has 0 aromatic carbocycles. The molecular weight excluding hydrogens is 326 g/mol. The number of hydrogen-bond acceptors (Lipinski definition) is 4. The van der Waals surface area contributed by atoms with Crippen molar-refractivity contribution in [1.29, 1.82) is 0 Å². The van der Waals surface area contributed by atoms with Crippen LogP contribution in [0.25, 0.3) is 0 Å². The monoisotopic (exact) mass is 359 g/mol. The van der Waals surface area contributed by atoms with Gasteiger partial charge in [-0.2, -0.15) is 23.5 Å². The van der Waals surface area contributed by atoms with Crippen molar-refractivity contribution in [3.8, 4) is 0 Å². The van der Waals surface area contributed by atoms with Gasteiger partial charge in [0, 0.05) is 48.1 Å². The summed E-state index contributed by atoms with van der Waals surface area (Å²) < 4.78 is 6.16. The van der Waals surface area contributed by atoms with Gasteiger partial charge < -0.3 is 15.0 Å². The lowest BCUT2D eigenvalue weighted by Crippen LogP contribution is -2.51. The first-order valence-electron chi connectivity index (χ1n) is 8.89. The van der Waals surface area contributed by atoms with E-state index in [1.54, 1.807) is 0 Å². The van der Waals surface area contributed by atoms with Gasteiger partial charge in [-0.25, -0.2) is 0 Å². The van der Waals surface area contributed by atoms with Crippen molar-refractivity contribution < 1.29 is 4.74 Å². The predicted octanol–water partition coefficient (Wildman–Crippen LogP) is 3.08. The van der Waals surface area contributed by atoms with Crippen LogP contribution < -0.4 is 5.32 Å². The van der Waals surface area contributed by atoms with Crippen LogP contribution in [0.4, 0.5) is 0 Å². The van der Waals surface area contributed by atoms with Crippen LogP contribution in [-0.2, 0) is 4.74 Å². The van der Waals surface area contributed by atoms with Gasteiger partial charge in [-0.15, -0.1) is 0 Å². The van der Waals surface area contributed by atoms with E-state index in [0.29, 0.717) is 4.75 Å². The maximum Gasteiger partial charge on any atom is 0.194 e. The molecule has 2 saturated heterocycles. The third-order valence-corrected chi connectivity index (χ3v) is 7.17. The molecule has 0 unspecified atom stereocenters. The highest BCUT2D eigenvalue weighted by Crippen LogP contribution is 2.36. The minimum Gasteiger partial charge on any atom is -0.381 e. The van der Waals surface area contributed by atoms with E-state index in [-0.39, 0.29) is 4.75 Å². The second kappa shape index (κ2) is 8.86. The van der Waals surface area contributed by atoms with Crippen molar-refractivity contribution in [3.63, 3.8) is 0 Å². The molecule has 6 heteroatoms. The molecule has 0 atom stereocenters. The fraction of sp³-hybridized carbons (Fsp3) is 0.941. The van der Waals surface area contributed by atoms with Crippen LogP contribution >= 0.6 is 23.5 Å². The summed E-state index contributed by atoms with van der Waals surface area (Å²) in [6.07, 6.45) is 2.24. The first-order valence-corrected chi connectivity index (χ1v) is 10.9. The van der Waals surface area contributed by atoms with Crippen LogP contribution in [0.1, 0.15) is 40.5 Å². The zero-order chi connectivity index (χ0) is 16.8. The van der Waals surface area contributed by atoms with E-state index in [0.717, 1.165) is 63.9 Å². The van der Waals surface area contributed by atoms with Gasteiger partial charge >= 0.3 is 0 Å². The molecule has 0 bridgehead atoms. The molecule has 2 fully saturated rings. The highest BCUT2D eigenvalue weighted by atomic mass is 32.2. The summed E-state index contributed by atoms with van der Waals surface area (Å²) in [5, 5.41) is 3.52. The van der Waals surface area contributed by atoms with E-state index in [1.165, 1.54) is 5.75 Å². The lowest BCUT2D eigenvalue weighted by Gasteiger charge is -2.40. The molecule has 0 spiro atoms. The Labute approximate surface area is 150 Å². The van der Waals surface area contributed by atoms with Crippen LogP contribution in [0.15, 0.2) is 4.99 Å². The number of rotatable bonds is 5. The molecule has 0 saturated carbocycles. The average Bonchev–Trinajstić information content (AvgIpc) is 2.52. The first-order chi connectivity index (χ1) is 11.0. The third-order valence-electron chi connectivity index (χ3n) is 4.43. The number of ether oxygens (including phenoxy) is 1. The molecule has 0 aromatic rings. The quantitative estimate of drug-likeness (QED) is 0.603. The second-order valence-electron chi connectivity index (χ2n) is 6.93. The minimum atomic E-state index is 0.272. The highest BCUT2D eigenvalue weighted by Gasteiger charge is 2.33. The molecule has 23 heavy (non-hydrogen) atoms. The van der Waals surface area contributed by atoms with Crippen LogP contribution in [0.5, 0.6) is 0 Å². The molecule has 2 heterocycles. The van der Waals surface area contributed by atoms with E-state index >= 15 is 0 Å². The first kappa shape index (κ1) is 19.3. The lowest BCUT2D eigenvalue weighted by atomic mass is 9.99. The largest absolute Gasteiger partial charge is 0.381 e. The number of hydrogen-bond donors (Lipinski definition) is 1. The van der Waals surface area contributed by atoms with Crippen LogP contribution in [0.2, 0.25) is 0 Å². The SMILES string of the molecule is CCNC(=NCC1(SCC)CCOCC1)N1CCSC(C)(C)C1. The van der Waals surface area contributed by atoms with Crippen molar-refractivity contribution in [1.82, 2.24) is 10.2 Å². The Balaban J connectivity index is 2.07. The Morgan fingerprint density at radius 2 is 2.04 bits per heavy atom. The molecule has 134 valence electrons. The Hall–Kier alpha value is -0.0700. The molecule has 1 N–H and O–H groups in total. The van der Waals surface area contributed by atoms with Crippen LogP contribution in [0.3, 0.4) is 0 Å². The van der Waals surface area contributed by atoms with E-state index in [2.05, 4.69) is 61.4 Å². The summed E-state index contributed by atoms with van der Waals surface area (Å²) in [7, 11) is 0. The minimum absolute atomic E-state index is 0.272. The Morgan fingerprint density at radius 3 is 2.65 bits per heavy atom. The van der Waals surface area contributed by atoms with Gasteiger partial charge in [0.2, 0.25) is 0 Å². The molecule has 2 rings (SSSR count). The molecular formula is C17H33N3OS2. The highest BCUT2D eigenvalue weighted by molar-refractivity contribution is 8.00. The number of nitrogens with zero attached hydrogens (tertiary/aromatic N) is 2. The summed E-state index contributed by atoms with van der Waals surface area (Å²) in [5.41, 5.74) is 0. The molecule has 0 amide bonds. The zero-order valence-electron chi connectivity index (χ0n) is 15.2. The van der Waals surface area contributed by atoms with Crippen molar-refractivity contribution in [2.45, 2.75) is 50.0 Å². The summed E-state index contributed by atoms with van der Waals surface area (Å²) in [6.45, 7) is 14.8. The standard InChI is InChI=1S/C17H33N3OS2/c1-5-18-15(20-9-12-23-16(3,4)14-20)19-13-17(22-6-2)7-10-21-11-8-17/h5-14H2,1-4H3,(H,18,19). The van der Waals surface area contributed by atoms with Crippen LogP contribution in [0, 0.1) is 0 Å². The zero-order valence-corrected chi connectivity index (χ0v) is 16.8. The predicted molar refractivity (Wildman–Crippen MR) is 105 cm³/mol. The van der Waals surface area contributed by atoms with Crippen LogP contribution in [-0.4, -0.2) is 71.3 Å². The molecule has 0 aliphatic carbocycles. The second-order valence-corrected chi connectivity index (χ2v) is 10.5. The summed E-state index contributed by atoms with van der Waals surface area (Å²) in [5.74, 6) is 3.43. The van der Waals surface area contributed by atoms with Crippen molar-refractivity contribution in [2.75, 3.05) is 50.9 Å². The maximum atomic E-state index is 5.58. The van der Waals surface area contributed by atoms with E-state index in [9.17, 15) is 0 Å². The van der Waals surface area contributed by atoms with Gasteiger partial charge in [-0.3, -0.25) is 4.99 Å². The number of thioether (sulfide) groups is 2. The van der Waals surface area contributed by atoms with Crippen molar-refractivity contribution in [3.05, 3.63) is 0 Å². The van der Waals surface area contributed by atoms with Gasteiger partial charge in [0.05, 0.1) is 6.54 Å². The Morgan fingerprint density at radius 1 is 1.30 bits per heavy atom. The molecule has 2 aliphatic heterocycles. The fourth-order valence-electron chi connectivity index (χ4n) is 3.24. The van der Waals surface area contributed by atoms with Gasteiger partial charge in [0.1, 0.15) is 0 Å². The molecule has 4 nitrogen and oxygen atoms in total. The molecule has 0 aromatic heterocycles. The Kier molecular flexibility index (Phi) is 7.42. The smallest absolute Gasteiger partial charge is 0.194 e. The summed E-state index contributed by atoms with van der Waals surface area (Å²) in [4.78, 5) is 7.51. The normalized spacial score (nSPS) is 24.5.